The van der Waals surface area contributed by atoms with E-state index in [-0.39, 0.29) is 53.9 Å². The van der Waals surface area contributed by atoms with E-state index in [1.165, 1.54) is 36.7 Å². The van der Waals surface area contributed by atoms with Crippen LogP contribution in [0.3, 0.4) is 0 Å². The molecule has 1 amide bonds. The van der Waals surface area contributed by atoms with Crippen molar-refractivity contribution in [3.05, 3.63) is 78.2 Å². The number of aromatic nitrogens is 3. The van der Waals surface area contributed by atoms with E-state index in [4.69, 9.17) is 9.15 Å². The first-order valence-corrected chi connectivity index (χ1v) is 13.6. The third-order valence-corrected chi connectivity index (χ3v) is 7.71. The van der Waals surface area contributed by atoms with Crippen LogP contribution in [0.5, 0.6) is 11.5 Å². The number of nitrogens with one attached hydrogen (secondary N) is 2. The van der Waals surface area contributed by atoms with Crippen LogP contribution in [0, 0.1) is 5.82 Å². The van der Waals surface area contributed by atoms with Crippen molar-refractivity contribution in [1.82, 2.24) is 25.4 Å². The van der Waals surface area contributed by atoms with Gasteiger partial charge >= 0.3 is 6.18 Å². The SMILES string of the molecule is CN[C@@H]1CCN2CCN(c3c(NC(=O)c4coc(-c5ccnnc5)n4)ccc(Oc4ccccc4F)c3C(F)(F)F)C[C@@H]12. The van der Waals surface area contributed by atoms with Crippen molar-refractivity contribution in [2.45, 2.75) is 24.7 Å². The molecule has 0 aliphatic carbocycles. The van der Waals surface area contributed by atoms with Crippen molar-refractivity contribution in [2.24, 2.45) is 0 Å². The largest absolute Gasteiger partial charge is 0.454 e. The average molecular weight is 598 g/mol. The first kappa shape index (κ1) is 28.6. The molecule has 0 spiro atoms. The Labute approximate surface area is 243 Å². The first-order valence-electron chi connectivity index (χ1n) is 13.6. The van der Waals surface area contributed by atoms with E-state index in [2.05, 4.69) is 30.7 Å². The Morgan fingerprint density at radius 3 is 2.65 bits per heavy atom. The molecular formula is C29H27F4N7O3. The summed E-state index contributed by atoms with van der Waals surface area (Å²) in [6, 6.07) is 9.25. The van der Waals surface area contributed by atoms with Gasteiger partial charge in [-0.25, -0.2) is 9.37 Å². The molecule has 2 aromatic carbocycles. The molecule has 6 rings (SSSR count). The molecule has 2 aliphatic heterocycles. The van der Waals surface area contributed by atoms with Crippen molar-refractivity contribution in [3.8, 4) is 23.0 Å². The molecule has 0 unspecified atom stereocenters. The summed E-state index contributed by atoms with van der Waals surface area (Å²) in [6.07, 6.45) is -0.113. The molecule has 2 fully saturated rings. The molecule has 0 bridgehead atoms. The van der Waals surface area contributed by atoms with Crippen LogP contribution in [0.25, 0.3) is 11.5 Å². The molecular weight excluding hydrogens is 570 g/mol. The lowest BCUT2D eigenvalue weighted by Crippen LogP contribution is -2.55. The fraction of sp³-hybridized carbons (Fsp3) is 0.310. The number of likely N-dealkylation sites (N-methyl/N-ethyl adjacent to an activating group) is 1. The third kappa shape index (κ3) is 5.75. The minimum absolute atomic E-state index is 0.0494. The standard InChI is InChI=1S/C29H27F4N7O3/c1-34-19-9-11-39-12-13-40(15-22(19)39)26-20(37-27(41)21-16-42-28(38-21)17-8-10-35-36-14-17)6-7-24(25(26)29(31,32)33)43-23-5-3-2-4-18(23)30/h2-8,10,14,16,19,22,34H,9,11-13,15H2,1H3,(H,37,41)/t19-,22+/m1/s1. The lowest BCUT2D eigenvalue weighted by atomic mass is 10.0. The second kappa shape index (κ2) is 11.6. The maximum atomic E-state index is 14.9. The smallest absolute Gasteiger partial charge is 0.422 e. The lowest BCUT2D eigenvalue weighted by molar-refractivity contribution is -0.138. The minimum Gasteiger partial charge on any atom is -0.454 e. The number of piperazine rings is 1. The van der Waals surface area contributed by atoms with E-state index < -0.39 is 29.2 Å². The number of para-hydroxylation sites is 1. The molecule has 0 saturated carbocycles. The van der Waals surface area contributed by atoms with E-state index in [1.54, 1.807) is 11.0 Å². The van der Waals surface area contributed by atoms with E-state index in [9.17, 15) is 22.4 Å². The molecule has 224 valence electrons. The quantitative estimate of drug-likeness (QED) is 0.290. The molecule has 0 radical (unpaired) electrons. The van der Waals surface area contributed by atoms with Crippen LogP contribution in [0.1, 0.15) is 22.5 Å². The summed E-state index contributed by atoms with van der Waals surface area (Å²) in [4.78, 5) is 21.3. The van der Waals surface area contributed by atoms with Gasteiger partial charge in [-0.3, -0.25) is 9.69 Å². The van der Waals surface area contributed by atoms with Gasteiger partial charge in [0.05, 0.1) is 29.3 Å². The summed E-state index contributed by atoms with van der Waals surface area (Å²) in [5, 5.41) is 13.3. The fourth-order valence-electron chi connectivity index (χ4n) is 5.67. The van der Waals surface area contributed by atoms with Crippen LogP contribution in [0.15, 0.2) is 65.5 Å². The maximum Gasteiger partial charge on any atom is 0.422 e. The summed E-state index contributed by atoms with van der Waals surface area (Å²) in [6.45, 7) is 1.89. The fourth-order valence-corrected chi connectivity index (χ4v) is 5.67. The van der Waals surface area contributed by atoms with Gasteiger partial charge in [-0.05, 0) is 43.8 Å². The van der Waals surface area contributed by atoms with Gasteiger partial charge in [0.15, 0.2) is 17.3 Å². The van der Waals surface area contributed by atoms with Gasteiger partial charge < -0.3 is 24.7 Å². The number of hydrogen-bond donors (Lipinski definition) is 2. The van der Waals surface area contributed by atoms with Crippen LogP contribution in [0.2, 0.25) is 0 Å². The lowest BCUT2D eigenvalue weighted by Gasteiger charge is -2.42. The van der Waals surface area contributed by atoms with Gasteiger partial charge in [-0.15, -0.1) is 0 Å². The predicted molar refractivity (Wildman–Crippen MR) is 148 cm³/mol. The number of amides is 1. The van der Waals surface area contributed by atoms with Gasteiger partial charge in [0.1, 0.15) is 17.6 Å². The number of anilines is 2. The molecule has 43 heavy (non-hydrogen) atoms. The van der Waals surface area contributed by atoms with Crippen molar-refractivity contribution in [1.29, 1.82) is 0 Å². The van der Waals surface area contributed by atoms with E-state index in [0.717, 1.165) is 31.4 Å². The highest BCUT2D eigenvalue weighted by Crippen LogP contribution is 2.48. The molecule has 10 nitrogen and oxygen atoms in total. The number of halogens is 4. The summed E-state index contributed by atoms with van der Waals surface area (Å²) in [7, 11) is 1.83. The Kier molecular flexibility index (Phi) is 7.71. The minimum atomic E-state index is -4.92. The monoisotopic (exact) mass is 597 g/mol. The van der Waals surface area contributed by atoms with Gasteiger partial charge in [-0.2, -0.15) is 23.4 Å². The second-order valence-electron chi connectivity index (χ2n) is 10.2. The van der Waals surface area contributed by atoms with Crippen LogP contribution < -0.4 is 20.3 Å². The number of carbonyl (C=O) groups is 1. The zero-order chi connectivity index (χ0) is 30.1. The van der Waals surface area contributed by atoms with E-state index >= 15 is 0 Å². The van der Waals surface area contributed by atoms with Crippen LogP contribution in [-0.4, -0.2) is 71.3 Å². The number of alkyl halides is 3. The Morgan fingerprint density at radius 2 is 1.91 bits per heavy atom. The zero-order valence-electron chi connectivity index (χ0n) is 22.9. The van der Waals surface area contributed by atoms with Crippen LogP contribution in [-0.2, 0) is 6.18 Å². The number of hydrogen-bond acceptors (Lipinski definition) is 9. The average Bonchev–Trinajstić information content (AvgIpc) is 3.66. The summed E-state index contributed by atoms with van der Waals surface area (Å²) >= 11 is 0. The Bertz CT molecular complexity index is 1610. The summed E-state index contributed by atoms with van der Waals surface area (Å²) in [5.41, 5.74) is -1.16. The molecule has 4 heterocycles. The third-order valence-electron chi connectivity index (χ3n) is 7.71. The predicted octanol–water partition coefficient (Wildman–Crippen LogP) is 4.82. The highest BCUT2D eigenvalue weighted by molar-refractivity contribution is 6.05. The number of benzene rings is 2. The summed E-state index contributed by atoms with van der Waals surface area (Å²) in [5.74, 6) is -2.43. The highest BCUT2D eigenvalue weighted by atomic mass is 19.4. The van der Waals surface area contributed by atoms with Gasteiger partial charge in [0, 0.05) is 38.3 Å². The molecule has 14 heteroatoms. The Morgan fingerprint density at radius 1 is 1.07 bits per heavy atom. The van der Waals surface area contributed by atoms with Gasteiger partial charge in [0.2, 0.25) is 5.89 Å². The van der Waals surface area contributed by atoms with E-state index in [0.29, 0.717) is 12.1 Å². The van der Waals surface area contributed by atoms with Crippen molar-refractivity contribution >= 4 is 17.3 Å². The maximum absolute atomic E-state index is 14.9. The topological polar surface area (TPSA) is 109 Å². The van der Waals surface area contributed by atoms with E-state index in [1.807, 2.05) is 7.05 Å². The number of fused-ring (bicyclic) bond motifs is 1. The molecule has 2 saturated heterocycles. The number of rotatable bonds is 7. The molecule has 2 aliphatic rings. The number of nitrogens with zero attached hydrogens (tertiary/aromatic N) is 5. The van der Waals surface area contributed by atoms with Gasteiger partial charge in [0.25, 0.3) is 5.91 Å². The van der Waals surface area contributed by atoms with Crippen molar-refractivity contribution in [2.75, 3.05) is 43.4 Å². The summed E-state index contributed by atoms with van der Waals surface area (Å²) < 4.78 is 70.2. The number of oxazole rings is 1. The molecule has 2 atom stereocenters. The Hall–Kier alpha value is -4.56. The normalized spacial score (nSPS) is 18.9. The number of carbonyl (C=O) groups excluding carboxylic acids is 1. The van der Waals surface area contributed by atoms with Crippen LogP contribution in [0.4, 0.5) is 28.9 Å². The molecule has 4 aromatic rings. The molecule has 2 aromatic heterocycles. The van der Waals surface area contributed by atoms with Crippen molar-refractivity contribution < 1.29 is 31.5 Å². The number of ether oxygens (including phenoxy) is 1. The van der Waals surface area contributed by atoms with Crippen LogP contribution >= 0.6 is 0 Å². The van der Waals surface area contributed by atoms with Crippen molar-refractivity contribution in [3.63, 3.8) is 0 Å². The second-order valence-corrected chi connectivity index (χ2v) is 10.2. The zero-order valence-corrected chi connectivity index (χ0v) is 22.9. The molecule has 2 N–H and O–H groups in total. The van der Waals surface area contributed by atoms with Gasteiger partial charge in [-0.1, -0.05) is 12.1 Å². The Balaban J connectivity index is 1.41. The first-order chi connectivity index (χ1) is 20.7. The highest BCUT2D eigenvalue weighted by Gasteiger charge is 2.44.